The fourth-order valence-corrected chi connectivity index (χ4v) is 5.46. The summed E-state index contributed by atoms with van der Waals surface area (Å²) < 4.78 is 27.1. The van der Waals surface area contributed by atoms with Gasteiger partial charge in [0, 0.05) is 38.6 Å². The summed E-state index contributed by atoms with van der Waals surface area (Å²) in [6.07, 6.45) is 0.604. The van der Waals surface area contributed by atoms with Crippen molar-refractivity contribution < 1.29 is 23.4 Å². The van der Waals surface area contributed by atoms with Gasteiger partial charge in [0.05, 0.1) is 11.9 Å². The van der Waals surface area contributed by atoms with Crippen LogP contribution >= 0.6 is 0 Å². The highest BCUT2D eigenvalue weighted by molar-refractivity contribution is 7.89. The molecule has 9 heteroatoms. The smallest absolute Gasteiger partial charge is 0.224 e. The van der Waals surface area contributed by atoms with Crippen LogP contribution < -0.4 is 5.73 Å². The number of nitrogens with zero attached hydrogens (tertiary/aromatic N) is 2. The van der Waals surface area contributed by atoms with Crippen LogP contribution in [0.4, 0.5) is 0 Å². The van der Waals surface area contributed by atoms with Gasteiger partial charge in [0.2, 0.25) is 15.9 Å². The molecule has 0 aliphatic carbocycles. The number of hydrogen-bond acceptors (Lipinski definition) is 6. The Kier molecular flexibility index (Phi) is 11.7. The van der Waals surface area contributed by atoms with E-state index in [2.05, 4.69) is 0 Å². The lowest BCUT2D eigenvalue weighted by atomic mass is 10.0. The molecule has 0 saturated carbocycles. The van der Waals surface area contributed by atoms with Gasteiger partial charge in [-0.25, -0.2) is 12.7 Å². The standard InChI is InChI=1S/C26H39N3O5S/c1-3-15-29(16-4-2)35(33,34)17-14-26(32)28(19-22-8-6-5-7-9-22)20-25(31)24(27)18-21-10-12-23(30)13-11-21/h5-13,24-25,30-31H,3-4,14-20,27H2,1-2H3/t24-,25+/m0/s1. The topological polar surface area (TPSA) is 124 Å². The van der Waals surface area contributed by atoms with Gasteiger partial charge in [-0.15, -0.1) is 0 Å². The first-order chi connectivity index (χ1) is 16.7. The highest BCUT2D eigenvalue weighted by atomic mass is 32.2. The van der Waals surface area contributed by atoms with Crippen molar-refractivity contribution in [3.63, 3.8) is 0 Å². The third kappa shape index (κ3) is 9.60. The fraction of sp³-hybridized carbons (Fsp3) is 0.500. The molecule has 35 heavy (non-hydrogen) atoms. The molecular formula is C26H39N3O5S. The lowest BCUT2D eigenvalue weighted by Crippen LogP contribution is -2.46. The predicted molar refractivity (Wildman–Crippen MR) is 138 cm³/mol. The van der Waals surface area contributed by atoms with Gasteiger partial charge in [-0.2, -0.15) is 0 Å². The van der Waals surface area contributed by atoms with Gasteiger partial charge in [-0.05, 0) is 42.5 Å². The van der Waals surface area contributed by atoms with Gasteiger partial charge in [-0.3, -0.25) is 4.79 Å². The second-order valence-corrected chi connectivity index (χ2v) is 10.9. The minimum Gasteiger partial charge on any atom is -0.508 e. The Labute approximate surface area is 209 Å². The summed E-state index contributed by atoms with van der Waals surface area (Å²) in [6.45, 7) is 4.95. The van der Waals surface area contributed by atoms with Crippen molar-refractivity contribution in [2.24, 2.45) is 5.73 Å². The maximum atomic E-state index is 13.1. The largest absolute Gasteiger partial charge is 0.508 e. The highest BCUT2D eigenvalue weighted by Gasteiger charge is 2.26. The van der Waals surface area contributed by atoms with Gasteiger partial charge >= 0.3 is 0 Å². The van der Waals surface area contributed by atoms with E-state index in [0.29, 0.717) is 32.4 Å². The summed E-state index contributed by atoms with van der Waals surface area (Å²) in [4.78, 5) is 14.6. The number of aliphatic hydroxyl groups excluding tert-OH is 1. The number of nitrogens with two attached hydrogens (primary N) is 1. The van der Waals surface area contributed by atoms with Crippen LogP contribution in [-0.4, -0.2) is 71.3 Å². The maximum absolute atomic E-state index is 13.1. The number of amides is 1. The Bertz CT molecular complexity index is 993. The minimum atomic E-state index is -3.56. The van der Waals surface area contributed by atoms with Crippen molar-refractivity contribution >= 4 is 15.9 Å². The average molecular weight is 506 g/mol. The van der Waals surface area contributed by atoms with Crippen molar-refractivity contribution in [2.45, 2.75) is 58.2 Å². The Hall–Kier alpha value is -2.46. The number of phenolic OH excluding ortho intramolecular Hbond substituents is 1. The van der Waals surface area contributed by atoms with Gasteiger partial charge < -0.3 is 20.8 Å². The van der Waals surface area contributed by atoms with Crippen molar-refractivity contribution in [3.8, 4) is 5.75 Å². The summed E-state index contributed by atoms with van der Waals surface area (Å²) in [5, 5.41) is 20.2. The van der Waals surface area contributed by atoms with E-state index in [0.717, 1.165) is 11.1 Å². The van der Waals surface area contributed by atoms with E-state index in [1.807, 2.05) is 44.2 Å². The molecule has 0 saturated heterocycles. The molecule has 194 valence electrons. The number of carbonyl (C=O) groups excluding carboxylic acids is 1. The lowest BCUT2D eigenvalue weighted by molar-refractivity contribution is -0.133. The van der Waals surface area contributed by atoms with Crippen LogP contribution in [-0.2, 0) is 27.8 Å². The fourth-order valence-electron chi connectivity index (χ4n) is 3.85. The zero-order valence-corrected chi connectivity index (χ0v) is 21.5. The lowest BCUT2D eigenvalue weighted by Gasteiger charge is -2.29. The molecule has 1 amide bonds. The zero-order chi connectivity index (χ0) is 25.8. The number of sulfonamides is 1. The molecule has 4 N–H and O–H groups in total. The molecule has 2 aromatic carbocycles. The van der Waals surface area contributed by atoms with E-state index in [-0.39, 0.29) is 36.9 Å². The number of hydrogen-bond donors (Lipinski definition) is 3. The van der Waals surface area contributed by atoms with E-state index in [9.17, 15) is 23.4 Å². The number of rotatable bonds is 15. The number of phenols is 1. The second kappa shape index (κ2) is 14.2. The van der Waals surface area contributed by atoms with Crippen LogP contribution in [0.2, 0.25) is 0 Å². The summed E-state index contributed by atoms with van der Waals surface area (Å²) in [5.41, 5.74) is 7.96. The highest BCUT2D eigenvalue weighted by Crippen LogP contribution is 2.14. The van der Waals surface area contributed by atoms with Gasteiger partial charge in [0.15, 0.2) is 0 Å². The van der Waals surface area contributed by atoms with Crippen LogP contribution in [0, 0.1) is 0 Å². The summed E-state index contributed by atoms with van der Waals surface area (Å²) >= 11 is 0. The van der Waals surface area contributed by atoms with Crippen LogP contribution in [0.1, 0.15) is 44.2 Å². The van der Waals surface area contributed by atoms with Crippen LogP contribution in [0.15, 0.2) is 54.6 Å². The Balaban J connectivity index is 2.09. The molecule has 2 atom stereocenters. The van der Waals surface area contributed by atoms with Crippen molar-refractivity contribution in [2.75, 3.05) is 25.4 Å². The molecule has 0 bridgehead atoms. The first kappa shape index (κ1) is 28.8. The average Bonchev–Trinajstić information content (AvgIpc) is 2.84. The molecule has 2 rings (SSSR count). The van der Waals surface area contributed by atoms with Crippen LogP contribution in [0.5, 0.6) is 5.75 Å². The molecule has 0 radical (unpaired) electrons. The first-order valence-corrected chi connectivity index (χ1v) is 13.8. The number of aromatic hydroxyl groups is 1. The van der Waals surface area contributed by atoms with Crippen molar-refractivity contribution in [1.82, 2.24) is 9.21 Å². The Morgan fingerprint density at radius 1 is 0.971 bits per heavy atom. The van der Waals surface area contributed by atoms with E-state index < -0.39 is 22.2 Å². The van der Waals surface area contributed by atoms with Crippen LogP contribution in [0.25, 0.3) is 0 Å². The van der Waals surface area contributed by atoms with Gasteiger partial charge in [-0.1, -0.05) is 56.3 Å². The number of carbonyl (C=O) groups is 1. The van der Waals surface area contributed by atoms with Gasteiger partial charge in [0.1, 0.15) is 5.75 Å². The molecule has 0 aliphatic rings. The Morgan fingerprint density at radius 3 is 2.14 bits per heavy atom. The quantitative estimate of drug-likeness (QED) is 0.342. The molecule has 0 unspecified atom stereocenters. The second-order valence-electron chi connectivity index (χ2n) is 8.83. The monoisotopic (exact) mass is 505 g/mol. The van der Waals surface area contributed by atoms with Crippen molar-refractivity contribution in [1.29, 1.82) is 0 Å². The predicted octanol–water partition coefficient (Wildman–Crippen LogP) is 2.49. The first-order valence-electron chi connectivity index (χ1n) is 12.2. The normalized spacial score (nSPS) is 13.5. The summed E-state index contributed by atoms with van der Waals surface area (Å²) in [5.74, 6) is -0.470. The molecule has 0 spiro atoms. The third-order valence-electron chi connectivity index (χ3n) is 5.79. The number of aliphatic hydroxyl groups is 1. The molecule has 0 aliphatic heterocycles. The van der Waals surface area contributed by atoms with Crippen molar-refractivity contribution in [3.05, 3.63) is 65.7 Å². The zero-order valence-electron chi connectivity index (χ0n) is 20.7. The SMILES string of the molecule is CCCN(CCC)S(=O)(=O)CCC(=O)N(Cc1ccccc1)C[C@@H](O)[C@@H](N)Cc1ccc(O)cc1. The molecule has 0 aromatic heterocycles. The minimum absolute atomic E-state index is 0.0132. The van der Waals surface area contributed by atoms with Gasteiger partial charge in [0.25, 0.3) is 0 Å². The molecule has 0 heterocycles. The summed E-state index contributed by atoms with van der Waals surface area (Å²) in [7, 11) is -3.56. The van der Waals surface area contributed by atoms with E-state index >= 15 is 0 Å². The van der Waals surface area contributed by atoms with E-state index in [4.69, 9.17) is 5.73 Å². The van der Waals surface area contributed by atoms with Crippen LogP contribution in [0.3, 0.4) is 0 Å². The molecule has 2 aromatic rings. The molecule has 8 nitrogen and oxygen atoms in total. The van der Waals surface area contributed by atoms with E-state index in [1.54, 1.807) is 24.3 Å². The molecular weight excluding hydrogens is 466 g/mol. The maximum Gasteiger partial charge on any atom is 0.224 e. The van der Waals surface area contributed by atoms with E-state index in [1.165, 1.54) is 9.21 Å². The number of benzene rings is 2. The third-order valence-corrected chi connectivity index (χ3v) is 7.66. The Morgan fingerprint density at radius 2 is 1.57 bits per heavy atom. The molecule has 0 fully saturated rings. The summed E-state index contributed by atoms with van der Waals surface area (Å²) in [6, 6.07) is 15.3.